The van der Waals surface area contributed by atoms with Crippen LogP contribution in [0.4, 0.5) is 0 Å². The van der Waals surface area contributed by atoms with Crippen molar-refractivity contribution in [3.05, 3.63) is 41.1 Å². The molecule has 0 radical (unpaired) electrons. The number of thiophene rings is 2. The molecule has 0 fully saturated rings. The van der Waals surface area contributed by atoms with Gasteiger partial charge in [-0.05, 0) is 57.0 Å². The second-order valence-corrected chi connectivity index (χ2v) is 8.63. The van der Waals surface area contributed by atoms with Crippen LogP contribution < -0.4 is 0 Å². The average molecular weight is 431 g/mol. The minimum absolute atomic E-state index is 0.293. The number of aryl methyl sites for hydroxylation is 1. The highest BCUT2D eigenvalue weighted by Gasteiger charge is 2.17. The lowest BCUT2D eigenvalue weighted by atomic mass is 10.3. The van der Waals surface area contributed by atoms with Crippen molar-refractivity contribution in [2.75, 3.05) is 0 Å². The van der Waals surface area contributed by atoms with E-state index in [9.17, 15) is 0 Å². The quantitative estimate of drug-likeness (QED) is 0.503. The predicted octanol–water partition coefficient (Wildman–Crippen LogP) is 6.13. The first-order chi connectivity index (χ1) is 7.08. The third-order valence-electron chi connectivity index (χ3n) is 1.91. The molecule has 0 nitrogen and oxygen atoms in total. The maximum Gasteiger partial charge on any atom is 0.0842 e. The van der Waals surface area contributed by atoms with E-state index in [-0.39, 0.29) is 0 Å². The van der Waals surface area contributed by atoms with Crippen molar-refractivity contribution in [1.82, 2.24) is 0 Å². The summed E-state index contributed by atoms with van der Waals surface area (Å²) in [5, 5.41) is 0. The van der Waals surface area contributed by atoms with Crippen molar-refractivity contribution in [3.63, 3.8) is 0 Å². The van der Waals surface area contributed by atoms with Gasteiger partial charge in [0.1, 0.15) is 0 Å². The molecule has 0 N–H and O–H groups in total. The molecule has 0 spiro atoms. The Morgan fingerprint density at radius 2 is 1.93 bits per heavy atom. The second kappa shape index (κ2) is 5.00. The highest BCUT2D eigenvalue weighted by Crippen LogP contribution is 2.43. The summed E-state index contributed by atoms with van der Waals surface area (Å²) < 4.78 is 2.36. The van der Waals surface area contributed by atoms with E-state index in [1.54, 1.807) is 11.3 Å². The Labute approximate surface area is 122 Å². The van der Waals surface area contributed by atoms with Crippen molar-refractivity contribution >= 4 is 70.5 Å². The molecule has 2 rings (SSSR count). The number of halogens is 3. The molecule has 0 aromatic carbocycles. The highest BCUT2D eigenvalue weighted by molar-refractivity contribution is 9.11. The van der Waals surface area contributed by atoms with Gasteiger partial charge in [-0.1, -0.05) is 15.9 Å². The van der Waals surface area contributed by atoms with Crippen LogP contribution in [-0.2, 0) is 0 Å². The van der Waals surface area contributed by atoms with E-state index >= 15 is 0 Å². The summed E-state index contributed by atoms with van der Waals surface area (Å²) in [6.45, 7) is 2.13. The monoisotopic (exact) mass is 428 g/mol. The molecule has 0 aliphatic carbocycles. The van der Waals surface area contributed by atoms with Gasteiger partial charge in [0.2, 0.25) is 0 Å². The minimum Gasteiger partial charge on any atom is -0.143 e. The number of hydrogen-bond donors (Lipinski definition) is 0. The fourth-order valence-electron chi connectivity index (χ4n) is 1.27. The lowest BCUT2D eigenvalue weighted by molar-refractivity contribution is 1.27. The zero-order valence-corrected chi connectivity index (χ0v) is 14.2. The van der Waals surface area contributed by atoms with Crippen molar-refractivity contribution in [3.8, 4) is 0 Å². The smallest absolute Gasteiger partial charge is 0.0842 e. The van der Waals surface area contributed by atoms with Gasteiger partial charge in [-0.25, -0.2) is 0 Å². The van der Waals surface area contributed by atoms with Crippen LogP contribution in [0.15, 0.2) is 26.5 Å². The van der Waals surface area contributed by atoms with Crippen molar-refractivity contribution in [2.45, 2.75) is 11.8 Å². The summed E-state index contributed by atoms with van der Waals surface area (Å²) in [4.78, 5) is 4.28. The van der Waals surface area contributed by atoms with E-state index in [0.717, 1.165) is 0 Å². The first-order valence-electron chi connectivity index (χ1n) is 4.23. The Morgan fingerprint density at radius 3 is 2.40 bits per heavy atom. The summed E-state index contributed by atoms with van der Waals surface area (Å²) >= 11 is 14.4. The third-order valence-corrected chi connectivity index (χ3v) is 7.19. The molecule has 1 unspecified atom stereocenters. The van der Waals surface area contributed by atoms with E-state index in [1.807, 2.05) is 11.3 Å². The summed E-state index contributed by atoms with van der Waals surface area (Å²) in [6, 6.07) is 6.40. The largest absolute Gasteiger partial charge is 0.143 e. The molecule has 0 amide bonds. The van der Waals surface area contributed by atoms with Crippen molar-refractivity contribution in [2.24, 2.45) is 0 Å². The Morgan fingerprint density at radius 1 is 1.20 bits per heavy atom. The first-order valence-corrected chi connectivity index (χ1v) is 8.36. The van der Waals surface area contributed by atoms with Crippen molar-refractivity contribution in [1.29, 1.82) is 0 Å². The molecule has 1 atom stereocenters. The maximum atomic E-state index is 3.74. The van der Waals surface area contributed by atoms with Crippen LogP contribution in [0.1, 0.15) is 19.5 Å². The van der Waals surface area contributed by atoms with Crippen LogP contribution in [0.3, 0.4) is 0 Å². The lowest BCUT2D eigenvalue weighted by Gasteiger charge is -2.05. The number of alkyl halides is 1. The molecule has 2 aromatic heterocycles. The zero-order valence-electron chi connectivity index (χ0n) is 7.76. The average Bonchev–Trinajstić information content (AvgIpc) is 2.71. The molecule has 15 heavy (non-hydrogen) atoms. The zero-order chi connectivity index (χ0) is 11.0. The number of hydrogen-bond acceptors (Lipinski definition) is 2. The normalized spacial score (nSPS) is 13.1. The molecule has 80 valence electrons. The Hall–Kier alpha value is 0.840. The Kier molecular flexibility index (Phi) is 4.10. The van der Waals surface area contributed by atoms with Crippen LogP contribution in [-0.4, -0.2) is 0 Å². The molecule has 0 bridgehead atoms. The van der Waals surface area contributed by atoms with E-state index in [0.29, 0.717) is 4.83 Å². The van der Waals surface area contributed by atoms with Crippen LogP contribution in [0.5, 0.6) is 0 Å². The van der Waals surface area contributed by atoms with Gasteiger partial charge in [0, 0.05) is 19.1 Å². The molecular weight excluding hydrogens is 424 g/mol. The predicted molar refractivity (Wildman–Crippen MR) is 79.5 cm³/mol. The van der Waals surface area contributed by atoms with Gasteiger partial charge < -0.3 is 0 Å². The molecule has 2 aromatic rings. The van der Waals surface area contributed by atoms with Crippen LogP contribution >= 0.6 is 70.5 Å². The molecule has 0 aliphatic heterocycles. The molecule has 0 saturated heterocycles. The van der Waals surface area contributed by atoms with E-state index < -0.39 is 0 Å². The van der Waals surface area contributed by atoms with Gasteiger partial charge in [-0.15, -0.1) is 22.7 Å². The maximum absolute atomic E-state index is 3.74. The van der Waals surface area contributed by atoms with Crippen LogP contribution in [0.2, 0.25) is 0 Å². The van der Waals surface area contributed by atoms with Crippen molar-refractivity contribution < 1.29 is 0 Å². The van der Waals surface area contributed by atoms with Gasteiger partial charge in [0.05, 0.1) is 8.61 Å². The van der Waals surface area contributed by atoms with Crippen LogP contribution in [0, 0.1) is 6.92 Å². The molecule has 0 aliphatic rings. The van der Waals surface area contributed by atoms with Gasteiger partial charge >= 0.3 is 0 Å². The van der Waals surface area contributed by atoms with E-state index in [2.05, 4.69) is 72.9 Å². The first kappa shape index (κ1) is 12.3. The SMILES string of the molecule is Cc1cc(Br)c(C(Br)c2ccc(Br)s2)s1. The van der Waals surface area contributed by atoms with E-state index in [1.165, 1.54) is 22.9 Å². The molecule has 2 heterocycles. The summed E-state index contributed by atoms with van der Waals surface area (Å²) in [6.07, 6.45) is 0. The Bertz CT molecular complexity index is 473. The molecule has 0 saturated carbocycles. The van der Waals surface area contributed by atoms with Crippen LogP contribution in [0.25, 0.3) is 0 Å². The van der Waals surface area contributed by atoms with E-state index in [4.69, 9.17) is 0 Å². The fraction of sp³-hybridized carbons (Fsp3) is 0.200. The fourth-order valence-corrected chi connectivity index (χ4v) is 5.90. The second-order valence-electron chi connectivity index (χ2n) is 3.07. The summed E-state index contributed by atoms with van der Waals surface area (Å²) in [7, 11) is 0. The standard InChI is InChI=1S/C10H7Br3S2/c1-5-4-6(11)10(14-5)9(13)7-2-3-8(12)15-7/h2-4,9H,1H3. The van der Waals surface area contributed by atoms with Gasteiger partial charge in [-0.2, -0.15) is 0 Å². The molecular formula is C10H7Br3S2. The summed E-state index contributed by atoms with van der Waals surface area (Å²) in [5.41, 5.74) is 0. The molecule has 5 heteroatoms. The topological polar surface area (TPSA) is 0 Å². The Balaban J connectivity index is 2.35. The lowest BCUT2D eigenvalue weighted by Crippen LogP contribution is -1.85. The minimum atomic E-state index is 0.293. The number of rotatable bonds is 2. The van der Waals surface area contributed by atoms with Gasteiger partial charge in [-0.3, -0.25) is 0 Å². The van der Waals surface area contributed by atoms with Gasteiger partial charge in [0.15, 0.2) is 0 Å². The van der Waals surface area contributed by atoms with Gasteiger partial charge in [0.25, 0.3) is 0 Å². The summed E-state index contributed by atoms with van der Waals surface area (Å²) in [5.74, 6) is 0. The highest BCUT2D eigenvalue weighted by atomic mass is 79.9. The third kappa shape index (κ3) is 2.75.